The second-order valence-electron chi connectivity index (χ2n) is 7.13. The Hall–Kier alpha value is -2.93. The Morgan fingerprint density at radius 2 is 1.66 bits per heavy atom. The predicted octanol–water partition coefficient (Wildman–Crippen LogP) is 2.73. The van der Waals surface area contributed by atoms with Crippen molar-refractivity contribution in [3.05, 3.63) is 65.5 Å². The van der Waals surface area contributed by atoms with E-state index in [4.69, 9.17) is 0 Å². The summed E-state index contributed by atoms with van der Waals surface area (Å²) >= 11 is 0. The molecule has 3 N–H and O–H groups in total. The molecule has 1 saturated heterocycles. The monoisotopic (exact) mass is 397 g/mol. The fourth-order valence-electron chi connectivity index (χ4n) is 3.27. The minimum atomic E-state index is -0.338. The molecule has 0 atom stereocenters. The number of hydrogen-bond donors (Lipinski definition) is 3. The molecule has 1 fully saturated rings. The lowest BCUT2D eigenvalue weighted by atomic mass is 10.1. The van der Waals surface area contributed by atoms with Crippen LogP contribution in [0.25, 0.3) is 0 Å². The van der Waals surface area contributed by atoms with Crippen LogP contribution in [0.3, 0.4) is 0 Å². The highest BCUT2D eigenvalue weighted by atomic mass is 19.1. The smallest absolute Gasteiger partial charge is 0.243 e. The minimum Gasteiger partial charge on any atom is -0.352 e. The van der Waals surface area contributed by atoms with Gasteiger partial charge in [-0.05, 0) is 61.3 Å². The Kier molecular flexibility index (Phi) is 7.58. The van der Waals surface area contributed by atoms with Gasteiger partial charge in [0, 0.05) is 25.8 Å². The molecule has 6 nitrogen and oxygen atoms in total. The van der Waals surface area contributed by atoms with Gasteiger partial charge in [-0.3, -0.25) is 14.7 Å². The summed E-state index contributed by atoms with van der Waals surface area (Å²) in [5.74, 6) is -0.0268. The summed E-state index contributed by atoms with van der Waals surface area (Å²) in [5, 5.41) is 8.88. The van der Waals surface area contributed by atoms with Crippen LogP contribution in [0.2, 0.25) is 0 Å². The number of hydrogen-bond acceptors (Lipinski definition) is 3. The maximum Gasteiger partial charge on any atom is 0.243 e. The number of benzene rings is 2. The first-order chi connectivity index (χ1) is 14.1. The zero-order valence-electron chi connectivity index (χ0n) is 16.7. The highest BCUT2D eigenvalue weighted by Crippen LogP contribution is 2.13. The van der Waals surface area contributed by atoms with Crippen LogP contribution in [0.15, 0.2) is 53.5 Å². The SMILES string of the molecule is CN=C(NCC(=O)Nc1ccc(F)cc1)NCc1ccc(CN2CCCC2)cc1. The number of likely N-dealkylation sites (tertiary alicyclic amines) is 1. The summed E-state index contributed by atoms with van der Waals surface area (Å²) in [7, 11) is 1.66. The van der Waals surface area contributed by atoms with Crippen LogP contribution in [0.4, 0.5) is 10.1 Å². The van der Waals surface area contributed by atoms with Gasteiger partial charge in [-0.25, -0.2) is 4.39 Å². The Bertz CT molecular complexity index is 814. The fraction of sp³-hybridized carbons (Fsp3) is 0.364. The Balaban J connectivity index is 1.40. The van der Waals surface area contributed by atoms with Crippen LogP contribution in [0.1, 0.15) is 24.0 Å². The van der Waals surface area contributed by atoms with E-state index in [1.165, 1.54) is 55.8 Å². The Labute approximate surface area is 171 Å². The summed E-state index contributed by atoms with van der Waals surface area (Å²) in [4.78, 5) is 18.6. The molecular weight excluding hydrogens is 369 g/mol. The van der Waals surface area contributed by atoms with E-state index in [1.807, 2.05) is 0 Å². The van der Waals surface area contributed by atoms with Crippen LogP contribution >= 0.6 is 0 Å². The van der Waals surface area contributed by atoms with Gasteiger partial charge >= 0.3 is 0 Å². The van der Waals surface area contributed by atoms with Crippen LogP contribution in [0.5, 0.6) is 0 Å². The summed E-state index contributed by atoms with van der Waals surface area (Å²) in [6.45, 7) is 4.08. The number of guanidine groups is 1. The molecule has 1 aliphatic heterocycles. The molecule has 0 spiro atoms. The lowest BCUT2D eigenvalue weighted by Crippen LogP contribution is -2.41. The number of halogens is 1. The first-order valence-electron chi connectivity index (χ1n) is 9.92. The maximum absolute atomic E-state index is 12.9. The molecule has 2 aromatic rings. The molecule has 0 aliphatic carbocycles. The van der Waals surface area contributed by atoms with Crippen molar-refractivity contribution in [2.24, 2.45) is 4.99 Å². The lowest BCUT2D eigenvalue weighted by Gasteiger charge is -2.15. The molecule has 2 aromatic carbocycles. The number of rotatable bonds is 7. The van der Waals surface area contributed by atoms with Crippen LogP contribution in [-0.2, 0) is 17.9 Å². The highest BCUT2D eigenvalue weighted by molar-refractivity contribution is 5.94. The second-order valence-corrected chi connectivity index (χ2v) is 7.13. The number of carbonyl (C=O) groups is 1. The minimum absolute atomic E-state index is 0.0613. The Morgan fingerprint density at radius 3 is 2.31 bits per heavy atom. The third kappa shape index (κ3) is 6.87. The standard InChI is InChI=1S/C22H28FN5O/c1-24-22(26-15-21(29)27-20-10-8-19(23)9-11-20)25-14-17-4-6-18(7-5-17)16-28-12-2-3-13-28/h4-11H,2-3,12-16H2,1H3,(H,27,29)(H2,24,25,26). The number of aliphatic imine (C=N–C) groups is 1. The molecule has 154 valence electrons. The van der Waals surface area contributed by atoms with E-state index in [-0.39, 0.29) is 18.3 Å². The van der Waals surface area contributed by atoms with E-state index in [2.05, 4.69) is 50.1 Å². The first kappa shape index (κ1) is 20.8. The third-order valence-electron chi connectivity index (χ3n) is 4.86. The molecule has 3 rings (SSSR count). The van der Waals surface area contributed by atoms with Gasteiger partial charge in [0.05, 0.1) is 6.54 Å². The van der Waals surface area contributed by atoms with Gasteiger partial charge in [0.1, 0.15) is 5.82 Å². The Morgan fingerprint density at radius 1 is 1.00 bits per heavy atom. The summed E-state index contributed by atoms with van der Waals surface area (Å²) in [5.41, 5.74) is 3.03. The molecule has 0 bridgehead atoms. The van der Waals surface area contributed by atoms with Gasteiger partial charge in [-0.2, -0.15) is 0 Å². The van der Waals surface area contributed by atoms with E-state index < -0.39 is 0 Å². The topological polar surface area (TPSA) is 68.8 Å². The average molecular weight is 397 g/mol. The normalized spacial score (nSPS) is 14.6. The molecule has 0 aromatic heterocycles. The van der Waals surface area contributed by atoms with Crippen LogP contribution < -0.4 is 16.0 Å². The molecule has 1 aliphatic rings. The molecule has 1 amide bonds. The van der Waals surface area contributed by atoms with E-state index in [9.17, 15) is 9.18 Å². The van der Waals surface area contributed by atoms with Crippen molar-refractivity contribution in [3.8, 4) is 0 Å². The third-order valence-corrected chi connectivity index (χ3v) is 4.86. The van der Waals surface area contributed by atoms with E-state index in [0.717, 1.165) is 12.1 Å². The van der Waals surface area contributed by atoms with Crippen molar-refractivity contribution in [1.82, 2.24) is 15.5 Å². The molecule has 0 unspecified atom stereocenters. The van der Waals surface area contributed by atoms with Gasteiger partial charge < -0.3 is 16.0 Å². The summed E-state index contributed by atoms with van der Waals surface area (Å²) in [6.07, 6.45) is 2.60. The molecule has 29 heavy (non-hydrogen) atoms. The van der Waals surface area contributed by atoms with Crippen molar-refractivity contribution in [2.45, 2.75) is 25.9 Å². The van der Waals surface area contributed by atoms with Crippen LogP contribution in [0, 0.1) is 5.82 Å². The number of nitrogens with zero attached hydrogens (tertiary/aromatic N) is 2. The predicted molar refractivity (Wildman–Crippen MR) is 114 cm³/mol. The van der Waals surface area contributed by atoms with Crippen molar-refractivity contribution < 1.29 is 9.18 Å². The quantitative estimate of drug-likeness (QED) is 0.496. The van der Waals surface area contributed by atoms with Crippen molar-refractivity contribution >= 4 is 17.6 Å². The zero-order chi connectivity index (χ0) is 20.5. The number of carbonyl (C=O) groups excluding carboxylic acids is 1. The van der Waals surface area contributed by atoms with Gasteiger partial charge in [-0.1, -0.05) is 24.3 Å². The molecular formula is C22H28FN5O. The summed E-state index contributed by atoms with van der Waals surface area (Å²) < 4.78 is 12.9. The molecule has 7 heteroatoms. The number of amides is 1. The largest absolute Gasteiger partial charge is 0.352 e. The highest BCUT2D eigenvalue weighted by Gasteiger charge is 2.11. The maximum atomic E-state index is 12.9. The number of anilines is 1. The van der Waals surface area contributed by atoms with E-state index in [1.54, 1.807) is 7.05 Å². The first-order valence-corrected chi connectivity index (χ1v) is 9.92. The summed E-state index contributed by atoms with van der Waals surface area (Å²) in [6, 6.07) is 14.2. The van der Waals surface area contributed by atoms with Crippen molar-refractivity contribution in [2.75, 3.05) is 32.0 Å². The second kappa shape index (κ2) is 10.6. The van der Waals surface area contributed by atoms with Gasteiger partial charge in [0.15, 0.2) is 5.96 Å². The van der Waals surface area contributed by atoms with Gasteiger partial charge in [-0.15, -0.1) is 0 Å². The lowest BCUT2D eigenvalue weighted by molar-refractivity contribution is -0.115. The molecule has 0 radical (unpaired) electrons. The molecule has 1 heterocycles. The van der Waals surface area contributed by atoms with Gasteiger partial charge in [0.2, 0.25) is 5.91 Å². The number of nitrogens with one attached hydrogen (secondary N) is 3. The zero-order valence-corrected chi connectivity index (χ0v) is 16.7. The molecule has 0 saturated carbocycles. The van der Waals surface area contributed by atoms with Gasteiger partial charge in [0.25, 0.3) is 0 Å². The van der Waals surface area contributed by atoms with E-state index in [0.29, 0.717) is 18.2 Å². The average Bonchev–Trinajstić information content (AvgIpc) is 3.24. The van der Waals surface area contributed by atoms with Crippen LogP contribution in [-0.4, -0.2) is 43.4 Å². The van der Waals surface area contributed by atoms with Crippen molar-refractivity contribution in [1.29, 1.82) is 0 Å². The van der Waals surface area contributed by atoms with Crippen molar-refractivity contribution in [3.63, 3.8) is 0 Å². The van der Waals surface area contributed by atoms with E-state index >= 15 is 0 Å². The fourth-order valence-corrected chi connectivity index (χ4v) is 3.27.